The number of carbonyl (C=O) groups excluding carboxylic acids is 2. The van der Waals surface area contributed by atoms with Crippen LogP contribution in [0.4, 0.5) is 4.79 Å². The van der Waals surface area contributed by atoms with Gasteiger partial charge in [0.15, 0.2) is 0 Å². The zero-order valence-corrected chi connectivity index (χ0v) is 19.9. The quantitative estimate of drug-likeness (QED) is 0.533. The normalized spacial score (nSPS) is 20.0. The molecule has 4 rings (SSSR count). The fraction of sp³-hybridized carbons (Fsp3) is 0.444. The standard InChI is InChI=1S/C27H32N2O6/c1-17-7-6-14-29(24(17)15-30)26(33)23(12-13-25(31)32)28-27(34)35-16-22-20-10-4-2-8-18(20)19-9-3-5-11-21(19)22/h2-5,8-11,17,22-24,30H,6-7,12-16H2,1H3,(H,28,34)(H,31,32). The van der Waals surface area contributed by atoms with Crippen LogP contribution < -0.4 is 5.32 Å². The van der Waals surface area contributed by atoms with Crippen molar-refractivity contribution in [3.63, 3.8) is 0 Å². The van der Waals surface area contributed by atoms with Gasteiger partial charge in [-0.3, -0.25) is 9.59 Å². The highest BCUT2D eigenvalue weighted by Crippen LogP contribution is 2.44. The lowest BCUT2D eigenvalue weighted by Gasteiger charge is -2.40. The Morgan fingerprint density at radius 1 is 1.09 bits per heavy atom. The third-order valence-electron chi connectivity index (χ3n) is 7.17. The Morgan fingerprint density at radius 2 is 1.71 bits per heavy atom. The van der Waals surface area contributed by atoms with Gasteiger partial charge >= 0.3 is 12.1 Å². The highest BCUT2D eigenvalue weighted by Gasteiger charge is 2.36. The van der Waals surface area contributed by atoms with Crippen LogP contribution >= 0.6 is 0 Å². The van der Waals surface area contributed by atoms with E-state index < -0.39 is 18.1 Å². The zero-order valence-electron chi connectivity index (χ0n) is 19.9. The average Bonchev–Trinajstić information content (AvgIpc) is 3.18. The molecule has 3 atom stereocenters. The van der Waals surface area contributed by atoms with E-state index in [1.165, 1.54) is 0 Å². The number of nitrogens with zero attached hydrogens (tertiary/aromatic N) is 1. The number of alkyl carbamates (subject to hydrolysis) is 1. The Bertz CT molecular complexity index is 1040. The lowest BCUT2D eigenvalue weighted by Crippen LogP contribution is -2.56. The van der Waals surface area contributed by atoms with Gasteiger partial charge in [-0.2, -0.15) is 0 Å². The van der Waals surface area contributed by atoms with Gasteiger partial charge in [0, 0.05) is 18.9 Å². The number of fused-ring (bicyclic) bond motifs is 3. The van der Waals surface area contributed by atoms with Crippen LogP contribution in [-0.4, -0.2) is 64.9 Å². The van der Waals surface area contributed by atoms with E-state index in [-0.39, 0.29) is 49.8 Å². The van der Waals surface area contributed by atoms with Gasteiger partial charge < -0.3 is 25.2 Å². The van der Waals surface area contributed by atoms with Crippen molar-refractivity contribution >= 4 is 18.0 Å². The molecule has 2 aliphatic rings. The molecule has 0 bridgehead atoms. The molecule has 3 unspecified atom stereocenters. The summed E-state index contributed by atoms with van der Waals surface area (Å²) in [5.41, 5.74) is 4.38. The number of piperidine rings is 1. The molecule has 1 saturated heterocycles. The van der Waals surface area contributed by atoms with E-state index in [2.05, 4.69) is 5.32 Å². The molecule has 2 aromatic carbocycles. The molecule has 8 nitrogen and oxygen atoms in total. The molecule has 0 spiro atoms. The fourth-order valence-corrected chi connectivity index (χ4v) is 5.31. The predicted molar refractivity (Wildman–Crippen MR) is 130 cm³/mol. The molecule has 2 amide bonds. The van der Waals surface area contributed by atoms with Gasteiger partial charge in [0.05, 0.1) is 12.6 Å². The molecule has 35 heavy (non-hydrogen) atoms. The van der Waals surface area contributed by atoms with Crippen molar-refractivity contribution in [2.24, 2.45) is 5.92 Å². The van der Waals surface area contributed by atoms with Gasteiger partial charge in [0.2, 0.25) is 5.91 Å². The minimum Gasteiger partial charge on any atom is -0.481 e. The summed E-state index contributed by atoms with van der Waals surface area (Å²) in [6, 6.07) is 14.6. The second kappa shape index (κ2) is 10.9. The van der Waals surface area contributed by atoms with E-state index in [1.54, 1.807) is 4.90 Å². The summed E-state index contributed by atoms with van der Waals surface area (Å²) in [5.74, 6) is -1.44. The van der Waals surface area contributed by atoms with Crippen molar-refractivity contribution < 1.29 is 29.3 Å². The van der Waals surface area contributed by atoms with Crippen LogP contribution in [0, 0.1) is 5.92 Å². The van der Waals surface area contributed by atoms with Crippen LogP contribution in [0.25, 0.3) is 11.1 Å². The predicted octanol–water partition coefficient (Wildman–Crippen LogP) is 3.38. The first-order chi connectivity index (χ1) is 16.9. The van der Waals surface area contributed by atoms with Crippen molar-refractivity contribution in [3.05, 3.63) is 59.7 Å². The number of aliphatic hydroxyl groups excluding tert-OH is 1. The molecule has 8 heteroatoms. The van der Waals surface area contributed by atoms with E-state index >= 15 is 0 Å². The average molecular weight is 481 g/mol. The molecule has 186 valence electrons. The Kier molecular flexibility index (Phi) is 7.70. The van der Waals surface area contributed by atoms with Gasteiger partial charge in [-0.1, -0.05) is 55.5 Å². The number of ether oxygens (including phenoxy) is 1. The molecule has 3 N–H and O–H groups in total. The summed E-state index contributed by atoms with van der Waals surface area (Å²) >= 11 is 0. The highest BCUT2D eigenvalue weighted by molar-refractivity contribution is 5.86. The first-order valence-electron chi connectivity index (χ1n) is 12.1. The number of carboxylic acids is 1. The SMILES string of the molecule is CC1CCCN(C(=O)C(CCC(=O)O)NC(=O)OCC2c3ccccc3-c3ccccc32)C1CO. The third kappa shape index (κ3) is 5.32. The number of carboxylic acid groups (broad SMARTS) is 1. The van der Waals surface area contributed by atoms with Crippen LogP contribution in [0.3, 0.4) is 0 Å². The van der Waals surface area contributed by atoms with Crippen LogP contribution in [0.1, 0.15) is 49.7 Å². The largest absolute Gasteiger partial charge is 0.481 e. The Labute approximate surface area is 204 Å². The molecular weight excluding hydrogens is 448 g/mol. The molecule has 1 aliphatic carbocycles. The number of hydrogen-bond acceptors (Lipinski definition) is 5. The van der Waals surface area contributed by atoms with Gasteiger partial charge in [0.1, 0.15) is 12.6 Å². The number of amides is 2. The molecule has 1 heterocycles. The number of rotatable bonds is 8. The first-order valence-corrected chi connectivity index (χ1v) is 12.1. The van der Waals surface area contributed by atoms with Crippen molar-refractivity contribution in [1.29, 1.82) is 0 Å². The number of benzene rings is 2. The number of nitrogens with one attached hydrogen (secondary N) is 1. The van der Waals surface area contributed by atoms with Gasteiger partial charge in [-0.25, -0.2) is 4.79 Å². The summed E-state index contributed by atoms with van der Waals surface area (Å²) in [7, 11) is 0. The summed E-state index contributed by atoms with van der Waals surface area (Å²) in [4.78, 5) is 38.8. The maximum atomic E-state index is 13.3. The molecule has 2 aromatic rings. The molecule has 0 radical (unpaired) electrons. The highest BCUT2D eigenvalue weighted by atomic mass is 16.5. The summed E-state index contributed by atoms with van der Waals surface area (Å²) < 4.78 is 5.57. The van der Waals surface area contributed by atoms with Crippen molar-refractivity contribution in [2.45, 2.75) is 50.6 Å². The van der Waals surface area contributed by atoms with E-state index in [4.69, 9.17) is 9.84 Å². The lowest BCUT2D eigenvalue weighted by atomic mass is 9.90. The smallest absolute Gasteiger partial charge is 0.407 e. The number of aliphatic carboxylic acids is 1. The van der Waals surface area contributed by atoms with Crippen molar-refractivity contribution in [1.82, 2.24) is 10.2 Å². The number of likely N-dealkylation sites (tertiary alicyclic amines) is 1. The summed E-state index contributed by atoms with van der Waals surface area (Å²) in [6.45, 7) is 2.36. The zero-order chi connectivity index (χ0) is 24.9. The molecule has 1 fully saturated rings. The Balaban J connectivity index is 1.45. The second-order valence-electron chi connectivity index (χ2n) is 9.36. The van der Waals surface area contributed by atoms with E-state index in [1.807, 2.05) is 55.5 Å². The van der Waals surface area contributed by atoms with Crippen LogP contribution in [0.5, 0.6) is 0 Å². The summed E-state index contributed by atoms with van der Waals surface area (Å²) in [6.07, 6.45) is 0.602. The first kappa shape index (κ1) is 24.7. The van der Waals surface area contributed by atoms with Crippen molar-refractivity contribution in [2.75, 3.05) is 19.8 Å². The van der Waals surface area contributed by atoms with Gasteiger partial charge in [-0.15, -0.1) is 0 Å². The Morgan fingerprint density at radius 3 is 2.31 bits per heavy atom. The molecule has 0 saturated carbocycles. The van der Waals surface area contributed by atoms with Crippen molar-refractivity contribution in [3.8, 4) is 11.1 Å². The fourth-order valence-electron chi connectivity index (χ4n) is 5.31. The number of carbonyl (C=O) groups is 3. The minimum absolute atomic E-state index is 0.0542. The van der Waals surface area contributed by atoms with Crippen LogP contribution in [0.2, 0.25) is 0 Å². The minimum atomic E-state index is -1.05. The maximum absolute atomic E-state index is 13.3. The molecular formula is C27H32N2O6. The number of aliphatic hydroxyl groups is 1. The molecule has 1 aliphatic heterocycles. The maximum Gasteiger partial charge on any atom is 0.407 e. The second-order valence-corrected chi connectivity index (χ2v) is 9.36. The topological polar surface area (TPSA) is 116 Å². The van der Waals surface area contributed by atoms with Gasteiger partial charge in [0.25, 0.3) is 0 Å². The lowest BCUT2D eigenvalue weighted by molar-refractivity contribution is -0.141. The summed E-state index contributed by atoms with van der Waals surface area (Å²) in [5, 5.41) is 21.6. The van der Waals surface area contributed by atoms with Crippen LogP contribution in [-0.2, 0) is 14.3 Å². The van der Waals surface area contributed by atoms with Gasteiger partial charge in [-0.05, 0) is 47.4 Å². The third-order valence-corrected chi connectivity index (χ3v) is 7.17. The van der Waals surface area contributed by atoms with E-state index in [0.29, 0.717) is 6.54 Å². The molecule has 0 aromatic heterocycles. The van der Waals surface area contributed by atoms with E-state index in [9.17, 15) is 19.5 Å². The van der Waals surface area contributed by atoms with E-state index in [0.717, 1.165) is 35.1 Å². The monoisotopic (exact) mass is 480 g/mol. The number of hydrogen-bond donors (Lipinski definition) is 3. The van der Waals surface area contributed by atoms with Crippen LogP contribution in [0.15, 0.2) is 48.5 Å². The Hall–Kier alpha value is -3.39.